The molecule has 3 N–H and O–H groups in total. The number of hydrogen-bond donors (Lipinski definition) is 2. The average molecular weight is 343 g/mol. The lowest BCUT2D eigenvalue weighted by atomic mass is 10.1. The largest absolute Gasteiger partial charge is 0.370 e. The van der Waals surface area contributed by atoms with Crippen molar-refractivity contribution in [1.82, 2.24) is 4.90 Å². The van der Waals surface area contributed by atoms with Gasteiger partial charge in [0.05, 0.1) is 12.6 Å². The third-order valence-corrected chi connectivity index (χ3v) is 5.64. The molecule has 4 nitrogen and oxygen atoms in total. The summed E-state index contributed by atoms with van der Waals surface area (Å²) in [4.78, 5) is 8.52. The van der Waals surface area contributed by atoms with Crippen LogP contribution in [0.2, 0.25) is 0 Å². The lowest BCUT2D eigenvalue weighted by molar-refractivity contribution is 0.255. The fourth-order valence-electron chi connectivity index (χ4n) is 3.11. The highest BCUT2D eigenvalue weighted by atomic mass is 32.1. The Morgan fingerprint density at radius 1 is 1.25 bits per heavy atom. The van der Waals surface area contributed by atoms with Crippen molar-refractivity contribution in [2.75, 3.05) is 25.0 Å². The molecule has 0 saturated carbocycles. The molecule has 0 bridgehead atoms. The number of nitrogens with one attached hydrogen (secondary N) is 1. The summed E-state index contributed by atoms with van der Waals surface area (Å²) in [7, 11) is 0. The third kappa shape index (κ3) is 4.16. The Labute approximate surface area is 148 Å². The van der Waals surface area contributed by atoms with Crippen LogP contribution in [-0.2, 0) is 0 Å². The number of anilines is 1. The van der Waals surface area contributed by atoms with Crippen LogP contribution in [0.1, 0.15) is 34.9 Å². The van der Waals surface area contributed by atoms with Gasteiger partial charge >= 0.3 is 0 Å². The van der Waals surface area contributed by atoms with E-state index in [0.717, 1.165) is 18.8 Å². The zero-order valence-electron chi connectivity index (χ0n) is 14.5. The van der Waals surface area contributed by atoms with E-state index >= 15 is 0 Å². The number of thiophene rings is 1. The number of likely N-dealkylation sites (tertiary alicyclic amines) is 1. The molecular weight excluding hydrogens is 316 g/mol. The van der Waals surface area contributed by atoms with E-state index in [1.54, 1.807) is 11.3 Å². The Balaban J connectivity index is 1.67. The molecule has 5 heteroatoms. The van der Waals surface area contributed by atoms with Crippen molar-refractivity contribution in [2.45, 2.75) is 32.7 Å². The van der Waals surface area contributed by atoms with E-state index in [0.29, 0.717) is 18.5 Å². The first-order chi connectivity index (χ1) is 11.6. The molecule has 128 valence electrons. The number of benzene rings is 1. The van der Waals surface area contributed by atoms with Crippen LogP contribution in [0.3, 0.4) is 0 Å². The van der Waals surface area contributed by atoms with E-state index in [4.69, 9.17) is 5.73 Å². The number of guanidine groups is 1. The molecule has 0 radical (unpaired) electrons. The smallest absolute Gasteiger partial charge is 0.193 e. The second kappa shape index (κ2) is 7.81. The molecule has 2 aromatic rings. The SMILES string of the molecule is Cc1ccc(NC(N)=NCC(c2cccs2)N2CCCC2)cc1C. The molecule has 1 aliphatic rings. The van der Waals surface area contributed by atoms with Crippen LogP contribution in [0, 0.1) is 13.8 Å². The van der Waals surface area contributed by atoms with Crippen LogP contribution in [0.25, 0.3) is 0 Å². The number of nitrogens with zero attached hydrogens (tertiary/aromatic N) is 2. The Morgan fingerprint density at radius 3 is 2.71 bits per heavy atom. The average Bonchev–Trinajstić information content (AvgIpc) is 3.25. The molecule has 1 unspecified atom stereocenters. The third-order valence-electron chi connectivity index (χ3n) is 4.67. The van der Waals surface area contributed by atoms with Gasteiger partial charge in [0.1, 0.15) is 0 Å². The van der Waals surface area contributed by atoms with Gasteiger partial charge in [-0.25, -0.2) is 0 Å². The van der Waals surface area contributed by atoms with E-state index < -0.39 is 0 Å². The first-order valence-corrected chi connectivity index (χ1v) is 9.43. The first-order valence-electron chi connectivity index (χ1n) is 8.55. The molecule has 0 spiro atoms. The lowest BCUT2D eigenvalue weighted by Gasteiger charge is -2.25. The van der Waals surface area contributed by atoms with Crippen LogP contribution < -0.4 is 11.1 Å². The topological polar surface area (TPSA) is 53.6 Å². The van der Waals surface area contributed by atoms with Crippen molar-refractivity contribution in [3.8, 4) is 0 Å². The van der Waals surface area contributed by atoms with Crippen molar-refractivity contribution in [2.24, 2.45) is 10.7 Å². The normalized spacial score (nSPS) is 17.2. The molecule has 1 aliphatic heterocycles. The summed E-state index contributed by atoms with van der Waals surface area (Å²) in [6.45, 7) is 7.22. The minimum absolute atomic E-state index is 0.340. The van der Waals surface area contributed by atoms with Gasteiger partial charge in [-0.3, -0.25) is 9.89 Å². The van der Waals surface area contributed by atoms with E-state index in [9.17, 15) is 0 Å². The molecule has 24 heavy (non-hydrogen) atoms. The Morgan fingerprint density at radius 2 is 2.04 bits per heavy atom. The Hall–Kier alpha value is -1.85. The van der Waals surface area contributed by atoms with Crippen LogP contribution >= 0.6 is 11.3 Å². The number of rotatable bonds is 5. The number of nitrogens with two attached hydrogens (primary N) is 1. The Kier molecular flexibility index (Phi) is 5.53. The van der Waals surface area contributed by atoms with Gasteiger partial charge in [-0.2, -0.15) is 0 Å². The quantitative estimate of drug-likeness (QED) is 0.639. The summed E-state index contributed by atoms with van der Waals surface area (Å²) < 4.78 is 0. The lowest BCUT2D eigenvalue weighted by Crippen LogP contribution is -2.29. The molecule has 1 atom stereocenters. The summed E-state index contributed by atoms with van der Waals surface area (Å²) in [5, 5.41) is 5.35. The molecular formula is C19H26N4S. The van der Waals surface area contributed by atoms with Crippen LogP contribution in [0.5, 0.6) is 0 Å². The number of aryl methyl sites for hydroxylation is 2. The highest BCUT2D eigenvalue weighted by Gasteiger charge is 2.23. The predicted molar refractivity (Wildman–Crippen MR) is 104 cm³/mol. The molecule has 0 amide bonds. The van der Waals surface area contributed by atoms with Crippen LogP contribution in [0.15, 0.2) is 40.7 Å². The molecule has 3 rings (SSSR count). The number of hydrogen-bond acceptors (Lipinski definition) is 3. The van der Waals surface area contributed by atoms with Gasteiger partial charge in [0.15, 0.2) is 5.96 Å². The van der Waals surface area contributed by atoms with E-state index in [1.165, 1.54) is 28.8 Å². The highest BCUT2D eigenvalue weighted by Crippen LogP contribution is 2.28. The van der Waals surface area contributed by atoms with Crippen molar-refractivity contribution in [3.05, 3.63) is 51.7 Å². The minimum Gasteiger partial charge on any atom is -0.370 e. The maximum Gasteiger partial charge on any atom is 0.193 e. The van der Waals surface area contributed by atoms with Crippen LogP contribution in [0.4, 0.5) is 5.69 Å². The Bertz CT molecular complexity index is 687. The maximum absolute atomic E-state index is 6.12. The van der Waals surface area contributed by atoms with Crippen molar-refractivity contribution < 1.29 is 0 Å². The van der Waals surface area contributed by atoms with Gasteiger partial charge in [-0.15, -0.1) is 11.3 Å². The fourth-order valence-corrected chi connectivity index (χ4v) is 3.96. The zero-order valence-corrected chi connectivity index (χ0v) is 15.3. The fraction of sp³-hybridized carbons (Fsp3) is 0.421. The zero-order chi connectivity index (χ0) is 16.9. The standard InChI is InChI=1S/C19H26N4S/c1-14-7-8-16(12-15(14)2)22-19(20)21-13-17(18-6-5-11-24-18)23-9-3-4-10-23/h5-8,11-12,17H,3-4,9-10,13H2,1-2H3,(H3,20,21,22). The van der Waals surface area contributed by atoms with Gasteiger partial charge in [-0.1, -0.05) is 12.1 Å². The predicted octanol–water partition coefficient (Wildman–Crippen LogP) is 3.93. The first kappa shape index (κ1) is 17.0. The van der Waals surface area contributed by atoms with Gasteiger partial charge in [-0.05, 0) is 74.5 Å². The molecule has 1 saturated heterocycles. The summed E-state index contributed by atoms with van der Waals surface area (Å²) in [5.74, 6) is 0.485. The van der Waals surface area contributed by atoms with Crippen molar-refractivity contribution in [3.63, 3.8) is 0 Å². The molecule has 1 aromatic heterocycles. The summed E-state index contributed by atoms with van der Waals surface area (Å²) in [6, 6.07) is 10.9. The van der Waals surface area contributed by atoms with E-state index in [1.807, 2.05) is 6.07 Å². The van der Waals surface area contributed by atoms with Gasteiger partial charge < -0.3 is 11.1 Å². The summed E-state index contributed by atoms with van der Waals surface area (Å²) in [5.41, 5.74) is 9.64. The second-order valence-electron chi connectivity index (χ2n) is 6.42. The summed E-state index contributed by atoms with van der Waals surface area (Å²) in [6.07, 6.45) is 2.56. The van der Waals surface area contributed by atoms with Gasteiger partial charge in [0.2, 0.25) is 0 Å². The highest BCUT2D eigenvalue weighted by molar-refractivity contribution is 7.10. The van der Waals surface area contributed by atoms with Crippen molar-refractivity contribution >= 4 is 23.0 Å². The maximum atomic E-state index is 6.12. The molecule has 1 fully saturated rings. The van der Waals surface area contributed by atoms with Crippen molar-refractivity contribution in [1.29, 1.82) is 0 Å². The minimum atomic E-state index is 0.340. The molecule has 0 aliphatic carbocycles. The monoisotopic (exact) mass is 342 g/mol. The van der Waals surface area contributed by atoms with E-state index in [-0.39, 0.29) is 0 Å². The number of aliphatic imine (C=N–C) groups is 1. The van der Waals surface area contributed by atoms with Gasteiger partial charge in [0, 0.05) is 10.6 Å². The second-order valence-corrected chi connectivity index (χ2v) is 7.40. The molecule has 2 heterocycles. The summed E-state index contributed by atoms with van der Waals surface area (Å²) >= 11 is 1.80. The van der Waals surface area contributed by atoms with E-state index in [2.05, 4.69) is 58.7 Å². The van der Waals surface area contributed by atoms with Gasteiger partial charge in [0.25, 0.3) is 0 Å². The molecule has 1 aromatic carbocycles. The van der Waals surface area contributed by atoms with Crippen LogP contribution in [-0.4, -0.2) is 30.5 Å².